The van der Waals surface area contributed by atoms with Gasteiger partial charge in [-0.25, -0.2) is 4.98 Å². The van der Waals surface area contributed by atoms with Gasteiger partial charge in [0, 0.05) is 16.6 Å². The Morgan fingerprint density at radius 2 is 1.89 bits per heavy atom. The number of benzene rings is 1. The molecule has 18 heavy (non-hydrogen) atoms. The van der Waals surface area contributed by atoms with E-state index in [-0.39, 0.29) is 6.42 Å². The zero-order chi connectivity index (χ0) is 13.3. The highest BCUT2D eigenvalue weighted by molar-refractivity contribution is 7.15. The fourth-order valence-corrected chi connectivity index (χ4v) is 2.84. The Morgan fingerprint density at radius 3 is 2.56 bits per heavy atom. The first-order chi connectivity index (χ1) is 8.47. The van der Waals surface area contributed by atoms with Crippen molar-refractivity contribution in [1.29, 1.82) is 0 Å². The Morgan fingerprint density at radius 1 is 1.22 bits per heavy atom. The fraction of sp³-hybridized carbons (Fsp3) is 0.286. The van der Waals surface area contributed by atoms with E-state index in [9.17, 15) is 4.79 Å². The summed E-state index contributed by atoms with van der Waals surface area (Å²) in [6, 6.07) is 4.26. The van der Waals surface area contributed by atoms with E-state index in [1.54, 1.807) is 6.20 Å². The van der Waals surface area contributed by atoms with Crippen molar-refractivity contribution >= 4 is 17.3 Å². The number of thiazole rings is 1. The number of aliphatic carboxylic acids is 1. The molecule has 2 aromatic rings. The summed E-state index contributed by atoms with van der Waals surface area (Å²) in [6.45, 7) is 6.22. The number of aromatic nitrogens is 1. The molecule has 0 aliphatic heterocycles. The SMILES string of the molecule is Cc1cc(C)c(-c2ncc(CC(=O)O)s2)cc1C. The highest BCUT2D eigenvalue weighted by Gasteiger charge is 2.10. The average molecular weight is 261 g/mol. The number of hydrogen-bond donors (Lipinski definition) is 1. The second-order valence-corrected chi connectivity index (χ2v) is 5.57. The minimum Gasteiger partial charge on any atom is -0.481 e. The van der Waals surface area contributed by atoms with Gasteiger partial charge in [0.05, 0.1) is 6.42 Å². The van der Waals surface area contributed by atoms with Crippen LogP contribution in [-0.4, -0.2) is 16.1 Å². The normalized spacial score (nSPS) is 10.6. The van der Waals surface area contributed by atoms with Crippen LogP contribution >= 0.6 is 11.3 Å². The Bertz CT molecular complexity index is 602. The van der Waals surface area contributed by atoms with E-state index in [2.05, 4.69) is 37.9 Å². The first-order valence-electron chi connectivity index (χ1n) is 5.72. The van der Waals surface area contributed by atoms with E-state index < -0.39 is 5.97 Å². The third-order valence-electron chi connectivity index (χ3n) is 2.95. The van der Waals surface area contributed by atoms with Gasteiger partial charge in [0.1, 0.15) is 5.01 Å². The van der Waals surface area contributed by atoms with Crippen LogP contribution in [0.25, 0.3) is 10.6 Å². The van der Waals surface area contributed by atoms with Crippen LogP contribution in [0.4, 0.5) is 0 Å². The maximum absolute atomic E-state index is 10.7. The molecule has 1 aromatic heterocycles. The molecule has 0 atom stereocenters. The van der Waals surface area contributed by atoms with Crippen molar-refractivity contribution in [2.24, 2.45) is 0 Å². The van der Waals surface area contributed by atoms with E-state index in [0.717, 1.165) is 15.4 Å². The molecule has 0 aliphatic rings. The summed E-state index contributed by atoms with van der Waals surface area (Å²) in [5.41, 5.74) is 4.76. The third kappa shape index (κ3) is 2.59. The van der Waals surface area contributed by atoms with Crippen molar-refractivity contribution in [2.75, 3.05) is 0 Å². The first kappa shape index (κ1) is 12.8. The minimum atomic E-state index is -0.818. The number of aryl methyl sites for hydroxylation is 3. The van der Waals surface area contributed by atoms with Crippen molar-refractivity contribution in [1.82, 2.24) is 4.98 Å². The Hall–Kier alpha value is -1.68. The minimum absolute atomic E-state index is 0.0432. The van der Waals surface area contributed by atoms with Crippen LogP contribution in [0.5, 0.6) is 0 Å². The van der Waals surface area contributed by atoms with Crippen LogP contribution < -0.4 is 0 Å². The smallest absolute Gasteiger partial charge is 0.308 e. The zero-order valence-corrected chi connectivity index (χ0v) is 11.5. The number of carboxylic acid groups (broad SMARTS) is 1. The lowest BCUT2D eigenvalue weighted by Crippen LogP contribution is -1.97. The lowest BCUT2D eigenvalue weighted by molar-refractivity contribution is -0.136. The molecule has 0 spiro atoms. The molecule has 0 aliphatic carbocycles. The van der Waals surface area contributed by atoms with Crippen molar-refractivity contribution < 1.29 is 9.90 Å². The van der Waals surface area contributed by atoms with E-state index in [1.807, 2.05) is 0 Å². The average Bonchev–Trinajstić information content (AvgIpc) is 2.70. The quantitative estimate of drug-likeness (QED) is 0.921. The third-order valence-corrected chi connectivity index (χ3v) is 3.98. The number of nitrogens with zero attached hydrogens (tertiary/aromatic N) is 1. The summed E-state index contributed by atoms with van der Waals surface area (Å²) >= 11 is 1.45. The van der Waals surface area contributed by atoms with Gasteiger partial charge >= 0.3 is 5.97 Å². The summed E-state index contributed by atoms with van der Waals surface area (Å²) < 4.78 is 0. The number of hydrogen-bond acceptors (Lipinski definition) is 3. The van der Waals surface area contributed by atoms with Crippen LogP contribution in [0.3, 0.4) is 0 Å². The van der Waals surface area contributed by atoms with Crippen LogP contribution in [0.2, 0.25) is 0 Å². The molecule has 2 rings (SSSR count). The van der Waals surface area contributed by atoms with Gasteiger partial charge in [-0.1, -0.05) is 6.07 Å². The summed E-state index contributed by atoms with van der Waals surface area (Å²) in [4.78, 5) is 15.8. The Balaban J connectivity index is 2.40. The van der Waals surface area contributed by atoms with Crippen LogP contribution in [0.1, 0.15) is 21.6 Å². The van der Waals surface area contributed by atoms with E-state index in [4.69, 9.17) is 5.11 Å². The Kier molecular flexibility index (Phi) is 3.48. The molecule has 4 heteroatoms. The van der Waals surface area contributed by atoms with Gasteiger partial charge in [-0.05, 0) is 43.5 Å². The molecule has 0 unspecified atom stereocenters. The molecule has 0 saturated carbocycles. The maximum Gasteiger partial charge on any atom is 0.308 e. The molecule has 1 heterocycles. The summed E-state index contributed by atoms with van der Waals surface area (Å²) in [7, 11) is 0. The van der Waals surface area contributed by atoms with Crippen molar-refractivity contribution in [2.45, 2.75) is 27.2 Å². The van der Waals surface area contributed by atoms with Gasteiger partial charge in [-0.15, -0.1) is 11.3 Å². The second-order valence-electron chi connectivity index (χ2n) is 4.45. The monoisotopic (exact) mass is 261 g/mol. The highest BCUT2D eigenvalue weighted by Crippen LogP contribution is 2.30. The summed E-state index contributed by atoms with van der Waals surface area (Å²) in [6.07, 6.45) is 1.70. The topological polar surface area (TPSA) is 50.2 Å². The lowest BCUT2D eigenvalue weighted by atomic mass is 10.0. The van der Waals surface area contributed by atoms with Gasteiger partial charge in [0.15, 0.2) is 0 Å². The molecule has 3 nitrogen and oxygen atoms in total. The number of rotatable bonds is 3. The molecular weight excluding hydrogens is 246 g/mol. The van der Waals surface area contributed by atoms with Crippen molar-refractivity contribution in [3.8, 4) is 10.6 Å². The van der Waals surface area contributed by atoms with Gasteiger partial charge in [0.25, 0.3) is 0 Å². The maximum atomic E-state index is 10.7. The molecule has 0 radical (unpaired) electrons. The van der Waals surface area contributed by atoms with Gasteiger partial charge in [0.2, 0.25) is 0 Å². The van der Waals surface area contributed by atoms with Crippen molar-refractivity contribution in [3.05, 3.63) is 39.9 Å². The van der Waals surface area contributed by atoms with E-state index in [1.165, 1.54) is 28.0 Å². The molecule has 0 amide bonds. The van der Waals surface area contributed by atoms with Crippen LogP contribution in [0.15, 0.2) is 18.3 Å². The van der Waals surface area contributed by atoms with E-state index >= 15 is 0 Å². The molecule has 1 N–H and O–H groups in total. The predicted molar refractivity (Wildman–Crippen MR) is 73.1 cm³/mol. The van der Waals surface area contributed by atoms with Crippen LogP contribution in [0, 0.1) is 20.8 Å². The van der Waals surface area contributed by atoms with Gasteiger partial charge < -0.3 is 5.11 Å². The van der Waals surface area contributed by atoms with Gasteiger partial charge in [-0.2, -0.15) is 0 Å². The van der Waals surface area contributed by atoms with E-state index in [0.29, 0.717) is 0 Å². The Labute approximate surface area is 110 Å². The van der Waals surface area contributed by atoms with Gasteiger partial charge in [-0.3, -0.25) is 4.79 Å². The molecule has 0 saturated heterocycles. The van der Waals surface area contributed by atoms with Crippen molar-refractivity contribution in [3.63, 3.8) is 0 Å². The molecule has 94 valence electrons. The summed E-state index contributed by atoms with van der Waals surface area (Å²) in [5.74, 6) is -0.818. The van der Waals surface area contributed by atoms with Crippen LogP contribution in [-0.2, 0) is 11.2 Å². The summed E-state index contributed by atoms with van der Waals surface area (Å²) in [5, 5.41) is 9.66. The largest absolute Gasteiger partial charge is 0.481 e. The fourth-order valence-electron chi connectivity index (χ4n) is 1.85. The highest BCUT2D eigenvalue weighted by atomic mass is 32.1. The lowest BCUT2D eigenvalue weighted by Gasteiger charge is -2.07. The molecule has 1 aromatic carbocycles. The molecule has 0 bridgehead atoms. The molecular formula is C14H15NO2S. The number of carbonyl (C=O) groups is 1. The molecule has 0 fully saturated rings. The first-order valence-corrected chi connectivity index (χ1v) is 6.53. The number of carboxylic acids is 1. The zero-order valence-electron chi connectivity index (χ0n) is 10.7. The predicted octanol–water partition coefficient (Wildman–Crippen LogP) is 3.36. The standard InChI is InChI=1S/C14H15NO2S/c1-8-4-10(3)12(5-9(8)2)14-15-7-11(18-14)6-13(16)17/h4-5,7H,6H2,1-3H3,(H,16,17). The second kappa shape index (κ2) is 4.90.